The van der Waals surface area contributed by atoms with Gasteiger partial charge < -0.3 is 9.84 Å². The van der Waals surface area contributed by atoms with Crippen LogP contribution in [0, 0.1) is 11.8 Å². The number of ether oxygens (including phenoxy) is 1. The molecule has 0 saturated carbocycles. The molecule has 16 heavy (non-hydrogen) atoms. The van der Waals surface area contributed by atoms with Gasteiger partial charge in [-0.25, -0.2) is 0 Å². The second kappa shape index (κ2) is 5.87. The van der Waals surface area contributed by atoms with Crippen LogP contribution in [0.4, 0.5) is 0 Å². The summed E-state index contributed by atoms with van der Waals surface area (Å²) in [7, 11) is 0. The molecule has 2 atom stereocenters. The first kappa shape index (κ1) is 14.9. The molecule has 0 fully saturated rings. The van der Waals surface area contributed by atoms with Crippen LogP contribution < -0.4 is 0 Å². The smallest absolute Gasteiger partial charge is 0.309 e. The van der Waals surface area contributed by atoms with Crippen LogP contribution >= 0.6 is 0 Å². The molecule has 0 amide bonds. The molecule has 0 aliphatic rings. The van der Waals surface area contributed by atoms with Crippen LogP contribution in [-0.4, -0.2) is 22.6 Å². The van der Waals surface area contributed by atoms with Gasteiger partial charge in [0.2, 0.25) is 0 Å². The van der Waals surface area contributed by atoms with Gasteiger partial charge in [0.15, 0.2) is 0 Å². The number of carbonyl (C=O) groups is 2. The second-order valence-electron chi connectivity index (χ2n) is 5.11. The van der Waals surface area contributed by atoms with Gasteiger partial charge in [-0.3, -0.25) is 9.59 Å². The van der Waals surface area contributed by atoms with Gasteiger partial charge in [-0.1, -0.05) is 13.8 Å². The molecule has 0 radical (unpaired) electrons. The molecule has 4 heteroatoms. The van der Waals surface area contributed by atoms with Gasteiger partial charge in [0, 0.05) is 0 Å². The van der Waals surface area contributed by atoms with E-state index in [1.165, 1.54) is 0 Å². The summed E-state index contributed by atoms with van der Waals surface area (Å²) in [6.45, 7) is 8.91. The van der Waals surface area contributed by atoms with E-state index >= 15 is 0 Å². The van der Waals surface area contributed by atoms with Gasteiger partial charge in [0.25, 0.3) is 0 Å². The standard InChI is InChI=1S/C12H22O4/c1-6-9(10(13)14)7-8(2)11(15)16-12(3,4)5/h8-9H,6-7H2,1-5H3,(H,13,14). The lowest BCUT2D eigenvalue weighted by Gasteiger charge is -2.23. The molecule has 0 bridgehead atoms. The summed E-state index contributed by atoms with van der Waals surface area (Å²) >= 11 is 0. The van der Waals surface area contributed by atoms with Gasteiger partial charge in [-0.2, -0.15) is 0 Å². The van der Waals surface area contributed by atoms with Crippen LogP contribution in [0.3, 0.4) is 0 Å². The average Bonchev–Trinajstić information content (AvgIpc) is 2.10. The Hall–Kier alpha value is -1.06. The first-order valence-corrected chi connectivity index (χ1v) is 5.63. The third-order valence-electron chi connectivity index (χ3n) is 2.29. The molecule has 1 N–H and O–H groups in total. The zero-order valence-corrected chi connectivity index (χ0v) is 10.7. The van der Waals surface area contributed by atoms with Crippen molar-refractivity contribution in [2.45, 2.75) is 53.1 Å². The highest BCUT2D eigenvalue weighted by molar-refractivity contribution is 5.75. The number of carboxylic acids is 1. The van der Waals surface area contributed by atoms with Crippen molar-refractivity contribution in [3.63, 3.8) is 0 Å². The van der Waals surface area contributed by atoms with Crippen molar-refractivity contribution in [1.82, 2.24) is 0 Å². The van der Waals surface area contributed by atoms with Crippen molar-refractivity contribution in [3.8, 4) is 0 Å². The van der Waals surface area contributed by atoms with Gasteiger partial charge in [-0.05, 0) is 33.6 Å². The minimum atomic E-state index is -0.849. The third kappa shape index (κ3) is 5.73. The van der Waals surface area contributed by atoms with Gasteiger partial charge >= 0.3 is 11.9 Å². The van der Waals surface area contributed by atoms with E-state index in [2.05, 4.69) is 0 Å². The van der Waals surface area contributed by atoms with E-state index in [0.717, 1.165) is 0 Å². The van der Waals surface area contributed by atoms with E-state index in [0.29, 0.717) is 12.8 Å². The fraction of sp³-hybridized carbons (Fsp3) is 0.833. The number of aliphatic carboxylic acids is 1. The Balaban J connectivity index is 4.29. The fourth-order valence-corrected chi connectivity index (χ4v) is 1.37. The van der Waals surface area contributed by atoms with Crippen LogP contribution in [0.15, 0.2) is 0 Å². The molecular weight excluding hydrogens is 208 g/mol. The van der Waals surface area contributed by atoms with Gasteiger partial charge in [0.05, 0.1) is 11.8 Å². The monoisotopic (exact) mass is 230 g/mol. The Morgan fingerprint density at radius 1 is 1.31 bits per heavy atom. The molecule has 94 valence electrons. The predicted molar refractivity (Wildman–Crippen MR) is 61.0 cm³/mol. The molecule has 0 spiro atoms. The van der Waals surface area contributed by atoms with E-state index in [4.69, 9.17) is 9.84 Å². The lowest BCUT2D eigenvalue weighted by molar-refractivity contribution is -0.160. The lowest BCUT2D eigenvalue weighted by atomic mass is 9.94. The Morgan fingerprint density at radius 2 is 1.81 bits per heavy atom. The lowest BCUT2D eigenvalue weighted by Crippen LogP contribution is -2.29. The van der Waals surface area contributed by atoms with Crippen molar-refractivity contribution in [3.05, 3.63) is 0 Å². The zero-order chi connectivity index (χ0) is 12.9. The quantitative estimate of drug-likeness (QED) is 0.737. The van der Waals surface area contributed by atoms with Crippen molar-refractivity contribution in [2.75, 3.05) is 0 Å². The first-order chi connectivity index (χ1) is 7.17. The Kier molecular flexibility index (Phi) is 5.48. The minimum Gasteiger partial charge on any atom is -0.481 e. The van der Waals surface area contributed by atoms with E-state index < -0.39 is 17.5 Å². The molecule has 0 aliphatic heterocycles. The Labute approximate surface area is 97.0 Å². The summed E-state index contributed by atoms with van der Waals surface area (Å²) in [5.41, 5.74) is -0.518. The van der Waals surface area contributed by atoms with Gasteiger partial charge in [0.1, 0.15) is 5.60 Å². The van der Waals surface area contributed by atoms with E-state index in [-0.39, 0.29) is 11.9 Å². The van der Waals surface area contributed by atoms with Crippen LogP contribution in [0.1, 0.15) is 47.5 Å². The van der Waals surface area contributed by atoms with Crippen molar-refractivity contribution in [1.29, 1.82) is 0 Å². The number of esters is 1. The van der Waals surface area contributed by atoms with E-state index in [1.54, 1.807) is 34.6 Å². The highest BCUT2D eigenvalue weighted by Crippen LogP contribution is 2.19. The number of carboxylic acid groups (broad SMARTS) is 1. The molecule has 0 aromatic carbocycles. The molecule has 0 heterocycles. The Morgan fingerprint density at radius 3 is 2.12 bits per heavy atom. The maximum Gasteiger partial charge on any atom is 0.309 e. The summed E-state index contributed by atoms with van der Waals surface area (Å²) in [4.78, 5) is 22.4. The first-order valence-electron chi connectivity index (χ1n) is 5.63. The van der Waals surface area contributed by atoms with E-state index in [1.807, 2.05) is 0 Å². The van der Waals surface area contributed by atoms with Crippen LogP contribution in [0.25, 0.3) is 0 Å². The summed E-state index contributed by atoms with van der Waals surface area (Å²) in [6.07, 6.45) is 0.864. The largest absolute Gasteiger partial charge is 0.481 e. The third-order valence-corrected chi connectivity index (χ3v) is 2.29. The number of carbonyl (C=O) groups excluding carboxylic acids is 1. The topological polar surface area (TPSA) is 63.6 Å². The molecule has 0 saturated heterocycles. The molecule has 0 rings (SSSR count). The fourth-order valence-electron chi connectivity index (χ4n) is 1.37. The highest BCUT2D eigenvalue weighted by atomic mass is 16.6. The maximum atomic E-state index is 11.6. The predicted octanol–water partition coefficient (Wildman–Crippen LogP) is 2.47. The SMILES string of the molecule is CCC(CC(C)C(=O)OC(C)(C)C)C(=O)O. The molecule has 0 aromatic heterocycles. The van der Waals surface area contributed by atoms with Gasteiger partial charge in [-0.15, -0.1) is 0 Å². The van der Waals surface area contributed by atoms with E-state index in [9.17, 15) is 9.59 Å². The van der Waals surface area contributed by atoms with Crippen LogP contribution in [0.5, 0.6) is 0 Å². The zero-order valence-electron chi connectivity index (χ0n) is 10.7. The number of hydrogen-bond acceptors (Lipinski definition) is 3. The molecule has 2 unspecified atom stereocenters. The summed E-state index contributed by atoms with van der Waals surface area (Å²) in [5.74, 6) is -2.02. The molecule has 0 aromatic rings. The van der Waals surface area contributed by atoms with Crippen LogP contribution in [0.2, 0.25) is 0 Å². The minimum absolute atomic E-state index is 0.327. The average molecular weight is 230 g/mol. The highest BCUT2D eigenvalue weighted by Gasteiger charge is 2.26. The van der Waals surface area contributed by atoms with Crippen molar-refractivity contribution in [2.24, 2.45) is 11.8 Å². The maximum absolute atomic E-state index is 11.6. The second-order valence-corrected chi connectivity index (χ2v) is 5.11. The van der Waals surface area contributed by atoms with Crippen molar-refractivity contribution >= 4 is 11.9 Å². The Bertz CT molecular complexity index is 252. The summed E-state index contributed by atoms with van der Waals surface area (Å²) in [5, 5.41) is 8.88. The molecule has 4 nitrogen and oxygen atoms in total. The number of rotatable bonds is 5. The summed E-state index contributed by atoms with van der Waals surface area (Å²) in [6, 6.07) is 0. The normalized spacial score (nSPS) is 15.3. The molecule has 0 aliphatic carbocycles. The molecular formula is C12H22O4. The van der Waals surface area contributed by atoms with Crippen molar-refractivity contribution < 1.29 is 19.4 Å². The number of hydrogen-bond donors (Lipinski definition) is 1. The summed E-state index contributed by atoms with van der Waals surface area (Å²) < 4.78 is 5.19. The van der Waals surface area contributed by atoms with Crippen LogP contribution in [-0.2, 0) is 14.3 Å².